The molecule has 0 saturated carbocycles. The minimum atomic E-state index is -1.91. The first-order chi connectivity index (χ1) is 23.9. The van der Waals surface area contributed by atoms with Gasteiger partial charge in [0.2, 0.25) is 27.0 Å². The maximum atomic E-state index is 10.8. The predicted molar refractivity (Wildman–Crippen MR) is 217 cm³/mol. The van der Waals surface area contributed by atoms with Crippen molar-refractivity contribution in [3.63, 3.8) is 0 Å². The number of hydrogen-bond acceptors (Lipinski definition) is 10. The topological polar surface area (TPSA) is 164 Å². The molecule has 2 amide bonds. The van der Waals surface area contributed by atoms with Gasteiger partial charge >= 0.3 is 0 Å². The number of rotatable bonds is 10. The molecule has 4 aromatic rings. The Morgan fingerprint density at radius 3 is 0.923 bits per heavy atom. The summed E-state index contributed by atoms with van der Waals surface area (Å²) in [5.41, 5.74) is 11.4. The average Bonchev–Trinajstić information content (AvgIpc) is 3.03. The average molecular weight is 990 g/mol. The number of alkyl halides is 12. The highest BCUT2D eigenvalue weighted by Gasteiger charge is 2.35. The second kappa shape index (κ2) is 19.6. The van der Waals surface area contributed by atoms with Crippen molar-refractivity contribution in [3.8, 4) is 22.8 Å². The molecule has 0 unspecified atom stereocenters. The lowest BCUT2D eigenvalue weighted by atomic mass is 10.2. The Morgan fingerprint density at radius 1 is 0.462 bits per heavy atom. The van der Waals surface area contributed by atoms with Gasteiger partial charge in [-0.05, 0) is 24.3 Å². The van der Waals surface area contributed by atoms with Crippen molar-refractivity contribution in [1.82, 2.24) is 29.9 Å². The minimum Gasteiger partial charge on any atom is -0.370 e. The number of halogens is 12. The zero-order valence-electron chi connectivity index (χ0n) is 25.5. The lowest BCUT2D eigenvalue weighted by Gasteiger charge is -2.15. The summed E-state index contributed by atoms with van der Waals surface area (Å²) in [5.74, 6) is 0.206. The van der Waals surface area contributed by atoms with Gasteiger partial charge in [-0.2, -0.15) is 0 Å². The number of thioether (sulfide) groups is 2. The number of primary amides is 2. The number of carbonyl (C=O) groups excluding carboxylic acids is 2. The quantitative estimate of drug-likeness (QED) is 0.115. The number of benzene rings is 2. The van der Waals surface area contributed by atoms with Gasteiger partial charge in [-0.15, -0.1) is 23.5 Å². The molecule has 10 nitrogen and oxygen atoms in total. The SMILES string of the molecule is NC(=O)CCSc1ccc(-c2nc(C(Cl)(Cl)Cl)nc(C(Cl)(Cl)Cl)n2)cc1.NC(=O)CCSc1ccc(-c2nc(C(Cl)(Cl)Cl)nc(C(Cl)(Cl)Cl)n2)cc1. The fourth-order valence-corrected chi connectivity index (χ4v) is 6.21. The maximum absolute atomic E-state index is 10.8. The van der Waals surface area contributed by atoms with Crippen LogP contribution in [0.3, 0.4) is 0 Å². The van der Waals surface area contributed by atoms with E-state index < -0.39 is 15.2 Å². The van der Waals surface area contributed by atoms with Crippen LogP contribution >= 0.6 is 163 Å². The van der Waals surface area contributed by atoms with Gasteiger partial charge < -0.3 is 11.5 Å². The fraction of sp³-hybridized carbons (Fsp3) is 0.286. The minimum absolute atomic E-state index is 0.159. The normalized spacial score (nSPS) is 12.2. The highest BCUT2D eigenvalue weighted by Crippen LogP contribution is 2.42. The van der Waals surface area contributed by atoms with Gasteiger partial charge in [-0.1, -0.05) is 163 Å². The maximum Gasteiger partial charge on any atom is 0.250 e. The van der Waals surface area contributed by atoms with Crippen molar-refractivity contribution in [1.29, 1.82) is 0 Å². The molecule has 4 N–H and O–H groups in total. The predicted octanol–water partition coefficient (Wildman–Crippen LogP) is 10.3. The third kappa shape index (κ3) is 15.3. The summed E-state index contributed by atoms with van der Waals surface area (Å²) in [6, 6.07) is 14.3. The Balaban J connectivity index is 0.000000280. The first kappa shape index (κ1) is 46.0. The first-order valence-corrected chi connectivity index (χ1v) is 20.3. The molecular weight excluding hydrogens is 970 g/mol. The van der Waals surface area contributed by atoms with E-state index in [1.165, 1.54) is 23.5 Å². The lowest BCUT2D eigenvalue weighted by molar-refractivity contribution is -0.118. The molecule has 4 rings (SSSR count). The van der Waals surface area contributed by atoms with Crippen molar-refractivity contribution in [2.45, 2.75) is 37.8 Å². The Bertz CT molecular complexity index is 1650. The zero-order valence-corrected chi connectivity index (χ0v) is 36.2. The number of amides is 2. The van der Waals surface area contributed by atoms with Crippen LogP contribution in [0.25, 0.3) is 22.8 Å². The molecule has 2 aromatic carbocycles. The first-order valence-electron chi connectivity index (χ1n) is 13.8. The summed E-state index contributed by atoms with van der Waals surface area (Å²) in [7, 11) is 0. The molecule has 24 heteroatoms. The molecule has 0 aliphatic rings. The van der Waals surface area contributed by atoms with Crippen molar-refractivity contribution in [2.75, 3.05) is 11.5 Å². The summed E-state index contributed by atoms with van der Waals surface area (Å²) >= 11 is 73.2. The Morgan fingerprint density at radius 2 is 0.712 bits per heavy atom. The van der Waals surface area contributed by atoms with Crippen molar-refractivity contribution >= 4 is 175 Å². The van der Waals surface area contributed by atoms with Gasteiger partial charge in [0.15, 0.2) is 34.9 Å². The van der Waals surface area contributed by atoms with Crippen LogP contribution in [0.1, 0.15) is 36.1 Å². The van der Waals surface area contributed by atoms with Crippen LogP contribution < -0.4 is 11.5 Å². The molecule has 0 bridgehead atoms. The highest BCUT2D eigenvalue weighted by molar-refractivity contribution is 7.99. The van der Waals surface area contributed by atoms with Crippen molar-refractivity contribution in [3.05, 3.63) is 71.8 Å². The number of nitrogens with two attached hydrogens (primary N) is 2. The summed E-state index contributed by atoms with van der Waals surface area (Å²) in [4.78, 5) is 47.8. The summed E-state index contributed by atoms with van der Waals surface area (Å²) < 4.78 is -7.64. The molecule has 0 radical (unpaired) electrons. The largest absolute Gasteiger partial charge is 0.370 e. The van der Waals surface area contributed by atoms with E-state index in [0.717, 1.165) is 9.79 Å². The zero-order chi connectivity index (χ0) is 39.1. The van der Waals surface area contributed by atoms with Gasteiger partial charge in [0.05, 0.1) is 0 Å². The van der Waals surface area contributed by atoms with Crippen molar-refractivity contribution in [2.24, 2.45) is 11.5 Å². The second-order valence-electron chi connectivity index (χ2n) is 9.78. The van der Waals surface area contributed by atoms with Crippen LogP contribution in [0, 0.1) is 0 Å². The molecular formula is C28H20Cl12N8O2S2. The van der Waals surface area contributed by atoms with Gasteiger partial charge in [0, 0.05) is 45.3 Å². The third-order valence-electron chi connectivity index (χ3n) is 5.74. The van der Waals surface area contributed by atoms with Crippen LogP contribution in [-0.2, 0) is 24.8 Å². The molecule has 2 heterocycles. The van der Waals surface area contributed by atoms with Crippen LogP contribution in [0.15, 0.2) is 58.3 Å². The van der Waals surface area contributed by atoms with Crippen LogP contribution in [-0.4, -0.2) is 53.2 Å². The molecule has 280 valence electrons. The number of hydrogen-bond donors (Lipinski definition) is 2. The van der Waals surface area contributed by atoms with E-state index in [9.17, 15) is 9.59 Å². The summed E-state index contributed by atoms with van der Waals surface area (Å²) in [5, 5.41) is 0. The summed E-state index contributed by atoms with van der Waals surface area (Å²) in [6.45, 7) is 0. The Labute approximate surface area is 365 Å². The Kier molecular flexibility index (Phi) is 17.4. The third-order valence-corrected chi connectivity index (χ3v) is 9.80. The van der Waals surface area contributed by atoms with E-state index in [4.69, 9.17) is 151 Å². The van der Waals surface area contributed by atoms with E-state index in [-0.39, 0.29) is 46.8 Å². The van der Waals surface area contributed by atoms with Crippen LogP contribution in [0.4, 0.5) is 0 Å². The molecule has 0 atom stereocenters. The van der Waals surface area contributed by atoms with E-state index in [2.05, 4.69) is 29.9 Å². The van der Waals surface area contributed by atoms with E-state index in [1.54, 1.807) is 24.3 Å². The van der Waals surface area contributed by atoms with Crippen LogP contribution in [0.5, 0.6) is 0 Å². The van der Waals surface area contributed by atoms with E-state index in [0.29, 0.717) is 35.5 Å². The van der Waals surface area contributed by atoms with E-state index >= 15 is 0 Å². The second-order valence-corrected chi connectivity index (χ2v) is 21.2. The summed E-state index contributed by atoms with van der Waals surface area (Å²) in [6.07, 6.45) is 0.582. The number of aromatic nitrogens is 6. The van der Waals surface area contributed by atoms with E-state index in [1.807, 2.05) is 24.3 Å². The van der Waals surface area contributed by atoms with Gasteiger partial charge in [-0.25, -0.2) is 29.9 Å². The molecule has 0 fully saturated rings. The number of carbonyl (C=O) groups is 2. The molecule has 0 spiro atoms. The van der Waals surface area contributed by atoms with Gasteiger partial charge in [-0.3, -0.25) is 9.59 Å². The number of nitrogens with zero attached hydrogens (tertiary/aromatic N) is 6. The molecule has 52 heavy (non-hydrogen) atoms. The van der Waals surface area contributed by atoms with Crippen molar-refractivity contribution < 1.29 is 9.59 Å². The smallest absolute Gasteiger partial charge is 0.250 e. The molecule has 0 aliphatic carbocycles. The highest BCUT2D eigenvalue weighted by atomic mass is 35.6. The fourth-order valence-electron chi connectivity index (χ4n) is 3.46. The lowest BCUT2D eigenvalue weighted by Crippen LogP contribution is -2.16. The molecule has 0 aliphatic heterocycles. The molecule has 0 saturated heterocycles. The van der Waals surface area contributed by atoms with Crippen LogP contribution in [0.2, 0.25) is 0 Å². The van der Waals surface area contributed by atoms with Gasteiger partial charge in [0.1, 0.15) is 0 Å². The Hall–Kier alpha value is -0.420. The molecule has 2 aromatic heterocycles. The van der Waals surface area contributed by atoms with Gasteiger partial charge in [0.25, 0.3) is 0 Å². The monoisotopic (exact) mass is 984 g/mol. The standard InChI is InChI=1S/2C14H10Cl6N4OS/c2*15-13(16,17)11-22-10(23-12(24-11)14(18,19)20)7-1-3-8(4-2-7)26-6-5-9(21)25/h2*1-4H,5-6H2,(H2,21,25).